The van der Waals surface area contributed by atoms with Crippen molar-refractivity contribution in [2.45, 2.75) is 31.2 Å². The molecule has 1 N–H and O–H groups in total. The van der Waals surface area contributed by atoms with E-state index in [1.54, 1.807) is 16.4 Å². The minimum Gasteiger partial charge on any atom is -0.312 e. The van der Waals surface area contributed by atoms with Crippen molar-refractivity contribution in [3.05, 3.63) is 29.8 Å². The minimum absolute atomic E-state index is 0.212. The van der Waals surface area contributed by atoms with Crippen molar-refractivity contribution in [1.29, 1.82) is 0 Å². The third kappa shape index (κ3) is 2.74. The lowest BCUT2D eigenvalue weighted by Crippen LogP contribution is -2.51. The summed E-state index contributed by atoms with van der Waals surface area (Å²) in [4.78, 5) is 0.397. The molecule has 0 spiro atoms. The fourth-order valence-electron chi connectivity index (χ4n) is 2.16. The highest BCUT2D eigenvalue weighted by Crippen LogP contribution is 2.18. The molecular weight excluding hydrogens is 248 g/mol. The summed E-state index contributed by atoms with van der Waals surface area (Å²) in [7, 11) is -3.33. The zero-order chi connectivity index (χ0) is 13.2. The second-order valence-corrected chi connectivity index (χ2v) is 6.65. The van der Waals surface area contributed by atoms with Crippen LogP contribution in [-0.2, 0) is 16.4 Å². The predicted molar refractivity (Wildman–Crippen MR) is 72.0 cm³/mol. The van der Waals surface area contributed by atoms with Crippen LogP contribution in [0.1, 0.15) is 19.4 Å². The van der Waals surface area contributed by atoms with Gasteiger partial charge < -0.3 is 5.32 Å². The van der Waals surface area contributed by atoms with E-state index in [4.69, 9.17) is 0 Å². The lowest BCUT2D eigenvalue weighted by atomic mass is 10.2. The molecule has 1 aromatic rings. The summed E-state index contributed by atoms with van der Waals surface area (Å²) in [6, 6.07) is 7.40. The van der Waals surface area contributed by atoms with Crippen LogP contribution >= 0.6 is 0 Å². The topological polar surface area (TPSA) is 49.4 Å². The second-order valence-electron chi connectivity index (χ2n) is 4.72. The smallest absolute Gasteiger partial charge is 0.243 e. The van der Waals surface area contributed by atoms with Gasteiger partial charge in [0.05, 0.1) is 4.90 Å². The molecule has 0 saturated carbocycles. The zero-order valence-electron chi connectivity index (χ0n) is 10.9. The van der Waals surface area contributed by atoms with Crippen molar-refractivity contribution >= 4 is 10.0 Å². The molecule has 1 saturated heterocycles. The largest absolute Gasteiger partial charge is 0.312 e. The number of nitrogens with one attached hydrogen (secondary N) is 1. The van der Waals surface area contributed by atoms with Gasteiger partial charge in [-0.25, -0.2) is 8.42 Å². The van der Waals surface area contributed by atoms with Gasteiger partial charge in [0.15, 0.2) is 0 Å². The highest BCUT2D eigenvalue weighted by atomic mass is 32.2. The number of rotatable bonds is 3. The quantitative estimate of drug-likeness (QED) is 0.897. The number of benzene rings is 1. The Morgan fingerprint density at radius 1 is 1.33 bits per heavy atom. The van der Waals surface area contributed by atoms with Crippen LogP contribution in [0.2, 0.25) is 0 Å². The van der Waals surface area contributed by atoms with Crippen LogP contribution in [0.4, 0.5) is 0 Å². The van der Waals surface area contributed by atoms with E-state index < -0.39 is 10.0 Å². The van der Waals surface area contributed by atoms with E-state index in [1.807, 2.05) is 19.1 Å². The molecule has 0 aliphatic carbocycles. The summed E-state index contributed by atoms with van der Waals surface area (Å²) in [6.07, 6.45) is 0.922. The van der Waals surface area contributed by atoms with Gasteiger partial charge >= 0.3 is 0 Å². The van der Waals surface area contributed by atoms with Crippen molar-refractivity contribution in [2.75, 3.05) is 19.6 Å². The maximum absolute atomic E-state index is 12.4. The number of hydrogen-bond donors (Lipinski definition) is 1. The fourth-order valence-corrected chi connectivity index (χ4v) is 3.69. The highest BCUT2D eigenvalue weighted by molar-refractivity contribution is 7.89. The summed E-state index contributed by atoms with van der Waals surface area (Å²) >= 11 is 0. The molecule has 1 aliphatic rings. The molecule has 0 aromatic heterocycles. The first-order valence-corrected chi connectivity index (χ1v) is 7.80. The average Bonchev–Trinajstić information content (AvgIpc) is 2.39. The maximum Gasteiger partial charge on any atom is 0.243 e. The van der Waals surface area contributed by atoms with Crippen LogP contribution in [0.5, 0.6) is 0 Å². The summed E-state index contributed by atoms with van der Waals surface area (Å²) < 4.78 is 26.4. The number of hydrogen-bond acceptors (Lipinski definition) is 3. The number of nitrogens with zero attached hydrogens (tertiary/aromatic N) is 1. The number of aryl methyl sites for hydroxylation is 1. The second kappa shape index (κ2) is 5.38. The first-order valence-electron chi connectivity index (χ1n) is 6.36. The molecule has 1 atom stereocenters. The van der Waals surface area contributed by atoms with Gasteiger partial charge in [-0.05, 0) is 31.0 Å². The molecule has 0 bridgehead atoms. The molecule has 1 fully saturated rings. The van der Waals surface area contributed by atoms with Crippen LogP contribution < -0.4 is 5.32 Å². The molecule has 100 valence electrons. The Morgan fingerprint density at radius 2 is 2.00 bits per heavy atom. The molecule has 18 heavy (non-hydrogen) atoms. The molecule has 0 amide bonds. The van der Waals surface area contributed by atoms with Crippen LogP contribution in [0.15, 0.2) is 29.2 Å². The standard InChI is InChI=1S/C13H20N2O2S/c1-3-12-4-6-13(7-5-12)18(16,17)15-9-8-14-11(2)10-15/h4-7,11,14H,3,8-10H2,1-2H3/t11-/m0/s1. The fraction of sp³-hybridized carbons (Fsp3) is 0.538. The lowest BCUT2D eigenvalue weighted by Gasteiger charge is -2.31. The molecule has 1 heterocycles. The van der Waals surface area contributed by atoms with Crippen molar-refractivity contribution < 1.29 is 8.42 Å². The van der Waals surface area contributed by atoms with Crippen LogP contribution in [0.3, 0.4) is 0 Å². The zero-order valence-corrected chi connectivity index (χ0v) is 11.7. The van der Waals surface area contributed by atoms with Gasteiger partial charge in [-0.2, -0.15) is 4.31 Å². The minimum atomic E-state index is -3.33. The van der Waals surface area contributed by atoms with Gasteiger partial charge in [-0.3, -0.25) is 0 Å². The lowest BCUT2D eigenvalue weighted by molar-refractivity contribution is 0.310. The van der Waals surface area contributed by atoms with Crippen molar-refractivity contribution in [3.8, 4) is 0 Å². The van der Waals surface area contributed by atoms with Crippen molar-refractivity contribution in [2.24, 2.45) is 0 Å². The molecule has 5 heteroatoms. The van der Waals surface area contributed by atoms with E-state index in [2.05, 4.69) is 12.2 Å². The molecule has 2 rings (SSSR count). The van der Waals surface area contributed by atoms with E-state index >= 15 is 0 Å². The third-order valence-corrected chi connectivity index (χ3v) is 5.18. The number of sulfonamides is 1. The van der Waals surface area contributed by atoms with Gasteiger partial charge in [-0.1, -0.05) is 19.1 Å². The predicted octanol–water partition coefficient (Wildman–Crippen LogP) is 1.23. The van der Waals surface area contributed by atoms with Gasteiger partial charge in [0, 0.05) is 25.7 Å². The Labute approximate surface area is 109 Å². The molecular formula is C13H20N2O2S. The number of piperazine rings is 1. The summed E-state index contributed by atoms with van der Waals surface area (Å²) in [5, 5.41) is 3.25. The Morgan fingerprint density at radius 3 is 2.56 bits per heavy atom. The molecule has 1 aromatic carbocycles. The van der Waals surface area contributed by atoms with E-state index in [9.17, 15) is 8.42 Å². The van der Waals surface area contributed by atoms with Crippen molar-refractivity contribution in [1.82, 2.24) is 9.62 Å². The van der Waals surface area contributed by atoms with Crippen LogP contribution in [0.25, 0.3) is 0 Å². The molecule has 4 nitrogen and oxygen atoms in total. The Bertz CT molecular complexity index is 496. The molecule has 0 unspecified atom stereocenters. The monoisotopic (exact) mass is 268 g/mol. The van der Waals surface area contributed by atoms with E-state index in [1.165, 1.54) is 0 Å². The Hall–Kier alpha value is -0.910. The average molecular weight is 268 g/mol. The normalized spacial score (nSPS) is 22.0. The summed E-state index contributed by atoms with van der Waals surface area (Å²) in [5.41, 5.74) is 1.16. The summed E-state index contributed by atoms with van der Waals surface area (Å²) in [5.74, 6) is 0. The van der Waals surface area contributed by atoms with Crippen LogP contribution in [-0.4, -0.2) is 38.4 Å². The van der Waals surface area contributed by atoms with Gasteiger partial charge in [0.2, 0.25) is 10.0 Å². The van der Waals surface area contributed by atoms with E-state index in [0.717, 1.165) is 12.0 Å². The third-order valence-electron chi connectivity index (χ3n) is 3.30. The molecule has 1 aliphatic heterocycles. The molecule has 0 radical (unpaired) electrons. The highest BCUT2D eigenvalue weighted by Gasteiger charge is 2.28. The van der Waals surface area contributed by atoms with Gasteiger partial charge in [0.25, 0.3) is 0 Å². The summed E-state index contributed by atoms with van der Waals surface area (Å²) in [6.45, 7) is 5.86. The van der Waals surface area contributed by atoms with Crippen LogP contribution in [0, 0.1) is 0 Å². The van der Waals surface area contributed by atoms with E-state index in [-0.39, 0.29) is 6.04 Å². The van der Waals surface area contributed by atoms with Gasteiger partial charge in [0.1, 0.15) is 0 Å². The Balaban J connectivity index is 2.23. The van der Waals surface area contributed by atoms with Crippen molar-refractivity contribution in [3.63, 3.8) is 0 Å². The van der Waals surface area contributed by atoms with E-state index in [0.29, 0.717) is 24.5 Å². The maximum atomic E-state index is 12.4. The first kappa shape index (κ1) is 13.5. The van der Waals surface area contributed by atoms with Gasteiger partial charge in [-0.15, -0.1) is 0 Å². The Kier molecular flexibility index (Phi) is 4.04. The SMILES string of the molecule is CCc1ccc(S(=O)(=O)N2CCN[C@@H](C)C2)cc1. The first-order chi connectivity index (χ1) is 8.54.